The number of nitrogens with zero attached hydrogens (tertiary/aromatic N) is 1. The maximum Gasteiger partial charge on any atom is 0.264 e. The molecule has 2 aliphatic rings. The van der Waals surface area contributed by atoms with Gasteiger partial charge in [-0.2, -0.15) is 0 Å². The molecule has 1 saturated heterocycles. The lowest BCUT2D eigenvalue weighted by Crippen LogP contribution is -2.40. The van der Waals surface area contributed by atoms with Crippen LogP contribution in [0.25, 0.3) is 0 Å². The van der Waals surface area contributed by atoms with Gasteiger partial charge in [0.25, 0.3) is 5.91 Å². The fourth-order valence-corrected chi connectivity index (χ4v) is 5.01. The summed E-state index contributed by atoms with van der Waals surface area (Å²) in [6.07, 6.45) is 1.24. The fourth-order valence-electron chi connectivity index (χ4n) is 3.98. The van der Waals surface area contributed by atoms with E-state index in [2.05, 4.69) is 5.32 Å². The van der Waals surface area contributed by atoms with Crippen LogP contribution in [-0.4, -0.2) is 48.8 Å². The zero-order valence-electron chi connectivity index (χ0n) is 19.5. The minimum Gasteiger partial charge on any atom is -0.486 e. The Morgan fingerprint density at radius 1 is 1.03 bits per heavy atom. The van der Waals surface area contributed by atoms with Crippen molar-refractivity contribution in [2.45, 2.75) is 40.5 Å². The minimum absolute atomic E-state index is 0.0426. The van der Waals surface area contributed by atoms with Crippen LogP contribution in [0.4, 0.5) is 5.00 Å². The number of hydrogen-bond acceptors (Lipinski definition) is 6. The number of rotatable bonds is 4. The monoisotopic (exact) mass is 470 g/mol. The second-order valence-electron chi connectivity index (χ2n) is 9.62. The zero-order valence-corrected chi connectivity index (χ0v) is 20.3. The summed E-state index contributed by atoms with van der Waals surface area (Å²) in [6.45, 7) is 9.49. The molecule has 0 atom stereocenters. The summed E-state index contributed by atoms with van der Waals surface area (Å²) < 4.78 is 11.1. The Morgan fingerprint density at radius 2 is 1.70 bits per heavy atom. The van der Waals surface area contributed by atoms with Crippen LogP contribution in [0.1, 0.15) is 59.2 Å². The van der Waals surface area contributed by atoms with Gasteiger partial charge < -0.3 is 19.7 Å². The van der Waals surface area contributed by atoms with Crippen LogP contribution in [0.15, 0.2) is 24.3 Å². The molecule has 0 aliphatic carbocycles. The fraction of sp³-hybridized carbons (Fsp3) is 0.480. The van der Waals surface area contributed by atoms with Crippen molar-refractivity contribution >= 4 is 33.9 Å². The van der Waals surface area contributed by atoms with E-state index in [1.54, 1.807) is 18.2 Å². The number of carbonyl (C=O) groups excluding carboxylic acids is 3. The topological polar surface area (TPSA) is 84.9 Å². The van der Waals surface area contributed by atoms with Gasteiger partial charge in [-0.3, -0.25) is 14.4 Å². The number of ketones is 1. The maximum absolute atomic E-state index is 13.1. The predicted molar refractivity (Wildman–Crippen MR) is 128 cm³/mol. The lowest BCUT2D eigenvalue weighted by molar-refractivity contribution is -0.123. The van der Waals surface area contributed by atoms with Crippen molar-refractivity contribution in [2.75, 3.05) is 31.6 Å². The van der Waals surface area contributed by atoms with E-state index in [1.165, 1.54) is 11.3 Å². The molecular formula is C25H30N2O5S. The molecule has 1 aromatic carbocycles. The number of likely N-dealkylation sites (tertiary alicyclic amines) is 1. The average molecular weight is 471 g/mol. The van der Waals surface area contributed by atoms with Crippen LogP contribution < -0.4 is 14.8 Å². The number of hydrogen-bond donors (Lipinski definition) is 1. The third-order valence-corrected chi connectivity index (χ3v) is 7.15. The number of thiophene rings is 1. The van der Waals surface area contributed by atoms with Gasteiger partial charge in [0.1, 0.15) is 13.2 Å². The molecule has 1 fully saturated rings. The largest absolute Gasteiger partial charge is 0.486 e. The number of Topliss-reactive ketones (excluding diaryl/α,β-unsaturated/α-hetero) is 1. The zero-order chi connectivity index (χ0) is 23.8. The number of nitrogens with one attached hydrogen (secondary N) is 1. The SMILES string of the molecule is Cc1cc(NC(=O)C(C)(C)C)sc1C(=O)N1CCC(C(=O)c2ccc3c(c2)OCCO3)CC1. The molecule has 0 radical (unpaired) electrons. The second-order valence-corrected chi connectivity index (χ2v) is 10.7. The molecule has 2 aliphatic heterocycles. The highest BCUT2D eigenvalue weighted by molar-refractivity contribution is 7.18. The van der Waals surface area contributed by atoms with Gasteiger partial charge in [-0.1, -0.05) is 20.8 Å². The van der Waals surface area contributed by atoms with Gasteiger partial charge >= 0.3 is 0 Å². The number of carbonyl (C=O) groups is 3. The van der Waals surface area contributed by atoms with E-state index >= 15 is 0 Å². The molecule has 2 aromatic rings. The molecule has 33 heavy (non-hydrogen) atoms. The van der Waals surface area contributed by atoms with Gasteiger partial charge in [-0.05, 0) is 49.6 Å². The summed E-state index contributed by atoms with van der Waals surface area (Å²) in [7, 11) is 0. The first-order valence-electron chi connectivity index (χ1n) is 11.3. The second kappa shape index (κ2) is 9.17. The number of ether oxygens (including phenoxy) is 2. The van der Waals surface area contributed by atoms with Crippen molar-refractivity contribution in [2.24, 2.45) is 11.3 Å². The molecule has 0 bridgehead atoms. The first-order valence-corrected chi connectivity index (χ1v) is 12.1. The summed E-state index contributed by atoms with van der Waals surface area (Å²) in [6, 6.07) is 7.18. The number of benzene rings is 1. The predicted octanol–water partition coefficient (Wildman–Crippen LogP) is 4.55. The van der Waals surface area contributed by atoms with Crippen molar-refractivity contribution in [1.29, 1.82) is 0 Å². The van der Waals surface area contributed by atoms with E-state index in [1.807, 2.05) is 38.7 Å². The Bertz CT molecular complexity index is 1080. The smallest absolute Gasteiger partial charge is 0.264 e. The van der Waals surface area contributed by atoms with Crippen LogP contribution in [0.3, 0.4) is 0 Å². The maximum atomic E-state index is 13.1. The van der Waals surface area contributed by atoms with Crippen molar-refractivity contribution in [3.05, 3.63) is 40.3 Å². The van der Waals surface area contributed by atoms with E-state index in [9.17, 15) is 14.4 Å². The number of amides is 2. The molecule has 1 N–H and O–H groups in total. The van der Waals surface area contributed by atoms with E-state index in [0.29, 0.717) is 66.1 Å². The Morgan fingerprint density at radius 3 is 2.36 bits per heavy atom. The van der Waals surface area contributed by atoms with Crippen molar-refractivity contribution in [1.82, 2.24) is 4.90 Å². The molecule has 176 valence electrons. The number of fused-ring (bicyclic) bond motifs is 1. The standard InChI is InChI=1S/C25H30N2O5S/c1-15-13-20(26-24(30)25(2,3)4)33-22(15)23(29)27-9-7-16(8-10-27)21(28)17-5-6-18-19(14-17)32-12-11-31-18/h5-6,13-14,16H,7-12H2,1-4H3,(H,26,30). The quantitative estimate of drug-likeness (QED) is 0.663. The van der Waals surface area contributed by atoms with Gasteiger partial charge in [0, 0.05) is 30.0 Å². The highest BCUT2D eigenvalue weighted by Crippen LogP contribution is 2.34. The van der Waals surface area contributed by atoms with Crippen LogP contribution in [0.5, 0.6) is 11.5 Å². The van der Waals surface area contributed by atoms with E-state index in [-0.39, 0.29) is 23.5 Å². The molecule has 2 amide bonds. The van der Waals surface area contributed by atoms with Crippen molar-refractivity contribution < 1.29 is 23.9 Å². The Hall–Kier alpha value is -2.87. The third kappa shape index (κ3) is 5.05. The lowest BCUT2D eigenvalue weighted by Gasteiger charge is -2.31. The summed E-state index contributed by atoms with van der Waals surface area (Å²) in [4.78, 5) is 40.9. The van der Waals surface area contributed by atoms with Crippen LogP contribution >= 0.6 is 11.3 Å². The summed E-state index contributed by atoms with van der Waals surface area (Å²) >= 11 is 1.31. The first kappa shape index (κ1) is 23.3. The van der Waals surface area contributed by atoms with Gasteiger partial charge in [0.15, 0.2) is 17.3 Å². The van der Waals surface area contributed by atoms with E-state index < -0.39 is 5.41 Å². The highest BCUT2D eigenvalue weighted by atomic mass is 32.1. The molecule has 0 saturated carbocycles. The molecule has 0 unspecified atom stereocenters. The van der Waals surface area contributed by atoms with Crippen LogP contribution in [0, 0.1) is 18.3 Å². The lowest BCUT2D eigenvalue weighted by atomic mass is 9.88. The van der Waals surface area contributed by atoms with Gasteiger partial charge in [-0.25, -0.2) is 0 Å². The number of aryl methyl sites for hydroxylation is 1. The molecular weight excluding hydrogens is 440 g/mol. The van der Waals surface area contributed by atoms with E-state index in [4.69, 9.17) is 9.47 Å². The van der Waals surface area contributed by atoms with Gasteiger partial charge in [-0.15, -0.1) is 11.3 Å². The molecule has 4 rings (SSSR count). The number of piperidine rings is 1. The van der Waals surface area contributed by atoms with Crippen LogP contribution in [0.2, 0.25) is 0 Å². The van der Waals surface area contributed by atoms with Crippen molar-refractivity contribution in [3.8, 4) is 11.5 Å². The minimum atomic E-state index is -0.506. The van der Waals surface area contributed by atoms with Gasteiger partial charge in [0.2, 0.25) is 5.91 Å². The first-order chi connectivity index (χ1) is 15.6. The summed E-state index contributed by atoms with van der Waals surface area (Å²) in [5.41, 5.74) is 0.967. The summed E-state index contributed by atoms with van der Waals surface area (Å²) in [5.74, 6) is 1.12. The van der Waals surface area contributed by atoms with Crippen LogP contribution in [-0.2, 0) is 4.79 Å². The van der Waals surface area contributed by atoms with Crippen molar-refractivity contribution in [3.63, 3.8) is 0 Å². The Kier molecular flexibility index (Phi) is 6.47. The van der Waals surface area contributed by atoms with Gasteiger partial charge in [0.05, 0.1) is 9.88 Å². The summed E-state index contributed by atoms with van der Waals surface area (Å²) in [5, 5.41) is 3.59. The molecule has 0 spiro atoms. The average Bonchev–Trinajstić information content (AvgIpc) is 3.17. The molecule has 8 heteroatoms. The molecule has 3 heterocycles. The highest BCUT2D eigenvalue weighted by Gasteiger charge is 2.31. The Labute approximate surface area is 198 Å². The van der Waals surface area contributed by atoms with E-state index in [0.717, 1.165) is 5.56 Å². The third-order valence-electron chi connectivity index (χ3n) is 6.01. The number of anilines is 1. The molecule has 7 nitrogen and oxygen atoms in total. The Balaban J connectivity index is 1.37. The molecule has 1 aromatic heterocycles. The normalized spacial score (nSPS) is 16.4.